The number of hydrogen-bond acceptors (Lipinski definition) is 3. The summed E-state index contributed by atoms with van der Waals surface area (Å²) >= 11 is 0. The minimum absolute atomic E-state index is 0.0456. The van der Waals surface area contributed by atoms with Gasteiger partial charge < -0.3 is 14.8 Å². The Morgan fingerprint density at radius 1 is 1.16 bits per heavy atom. The van der Waals surface area contributed by atoms with Crippen LogP contribution in [0.1, 0.15) is 37.8 Å². The molecule has 0 bridgehead atoms. The normalized spacial score (nSPS) is 11.2. The summed E-state index contributed by atoms with van der Waals surface area (Å²) in [5.41, 5.74) is 2.65. The standard InChI is InChI=1S/C16H27NO2/c1-4-18-16(19-5-2)10-7-11-17-13-15-9-6-8-14(3)12-15/h6,8-9,12,16-17H,4-5,7,10-11,13H2,1-3H3. The van der Waals surface area contributed by atoms with E-state index in [4.69, 9.17) is 9.47 Å². The second kappa shape index (κ2) is 9.96. The summed E-state index contributed by atoms with van der Waals surface area (Å²) in [6, 6.07) is 8.60. The second-order valence-electron chi connectivity index (χ2n) is 4.65. The molecule has 0 spiro atoms. The smallest absolute Gasteiger partial charge is 0.157 e. The van der Waals surface area contributed by atoms with Crippen LogP contribution in [-0.2, 0) is 16.0 Å². The molecule has 0 amide bonds. The van der Waals surface area contributed by atoms with Crippen LogP contribution in [0, 0.1) is 6.92 Å². The monoisotopic (exact) mass is 265 g/mol. The van der Waals surface area contributed by atoms with E-state index in [0.717, 1.165) is 25.9 Å². The van der Waals surface area contributed by atoms with Gasteiger partial charge in [0.1, 0.15) is 0 Å². The maximum absolute atomic E-state index is 5.51. The zero-order valence-corrected chi connectivity index (χ0v) is 12.4. The fourth-order valence-electron chi connectivity index (χ4n) is 2.04. The fourth-order valence-corrected chi connectivity index (χ4v) is 2.04. The molecule has 0 saturated heterocycles. The average molecular weight is 265 g/mol. The molecular weight excluding hydrogens is 238 g/mol. The number of hydrogen-bond donors (Lipinski definition) is 1. The third-order valence-electron chi connectivity index (χ3n) is 2.91. The molecular formula is C16H27NO2. The Labute approximate surface area is 117 Å². The summed E-state index contributed by atoms with van der Waals surface area (Å²) < 4.78 is 11.0. The highest BCUT2D eigenvalue weighted by Crippen LogP contribution is 2.05. The molecule has 0 fully saturated rings. The van der Waals surface area contributed by atoms with E-state index in [2.05, 4.69) is 36.5 Å². The van der Waals surface area contributed by atoms with Crippen LogP contribution >= 0.6 is 0 Å². The lowest BCUT2D eigenvalue weighted by atomic mass is 10.1. The first-order chi connectivity index (χ1) is 9.26. The second-order valence-corrected chi connectivity index (χ2v) is 4.65. The Morgan fingerprint density at radius 2 is 1.89 bits per heavy atom. The largest absolute Gasteiger partial charge is 0.353 e. The van der Waals surface area contributed by atoms with Gasteiger partial charge in [-0.05, 0) is 45.7 Å². The SMILES string of the molecule is CCOC(CCCNCc1cccc(C)c1)OCC. The molecule has 0 aliphatic carbocycles. The predicted molar refractivity (Wildman–Crippen MR) is 79.2 cm³/mol. The summed E-state index contributed by atoms with van der Waals surface area (Å²) in [5.74, 6) is 0. The highest BCUT2D eigenvalue weighted by molar-refractivity contribution is 5.21. The van der Waals surface area contributed by atoms with Crippen molar-refractivity contribution in [2.45, 2.75) is 46.4 Å². The molecule has 1 aromatic rings. The van der Waals surface area contributed by atoms with Gasteiger partial charge in [-0.1, -0.05) is 29.8 Å². The van der Waals surface area contributed by atoms with E-state index < -0.39 is 0 Å². The van der Waals surface area contributed by atoms with Crippen molar-refractivity contribution in [1.82, 2.24) is 5.32 Å². The van der Waals surface area contributed by atoms with Crippen molar-refractivity contribution in [3.8, 4) is 0 Å². The number of nitrogens with one attached hydrogen (secondary N) is 1. The van der Waals surface area contributed by atoms with Crippen molar-refractivity contribution in [1.29, 1.82) is 0 Å². The van der Waals surface area contributed by atoms with Gasteiger partial charge in [-0.2, -0.15) is 0 Å². The van der Waals surface area contributed by atoms with E-state index in [1.807, 2.05) is 13.8 Å². The molecule has 3 heteroatoms. The van der Waals surface area contributed by atoms with E-state index in [-0.39, 0.29) is 6.29 Å². The van der Waals surface area contributed by atoms with Crippen molar-refractivity contribution >= 4 is 0 Å². The quantitative estimate of drug-likeness (QED) is 0.520. The third kappa shape index (κ3) is 7.31. The zero-order chi connectivity index (χ0) is 13.9. The molecule has 0 atom stereocenters. The van der Waals surface area contributed by atoms with E-state index in [1.165, 1.54) is 11.1 Å². The molecule has 0 unspecified atom stereocenters. The molecule has 0 heterocycles. The van der Waals surface area contributed by atoms with Crippen LogP contribution in [0.5, 0.6) is 0 Å². The van der Waals surface area contributed by atoms with Crippen molar-refractivity contribution < 1.29 is 9.47 Å². The molecule has 0 aliphatic rings. The molecule has 0 saturated carbocycles. The van der Waals surface area contributed by atoms with Crippen LogP contribution in [0.2, 0.25) is 0 Å². The minimum Gasteiger partial charge on any atom is -0.353 e. The van der Waals surface area contributed by atoms with E-state index in [0.29, 0.717) is 13.2 Å². The zero-order valence-electron chi connectivity index (χ0n) is 12.4. The summed E-state index contributed by atoms with van der Waals surface area (Å²) in [7, 11) is 0. The number of rotatable bonds is 10. The first kappa shape index (κ1) is 16.2. The molecule has 19 heavy (non-hydrogen) atoms. The van der Waals surface area contributed by atoms with Crippen molar-refractivity contribution in [3.63, 3.8) is 0 Å². The molecule has 3 nitrogen and oxygen atoms in total. The average Bonchev–Trinajstić information content (AvgIpc) is 2.39. The maximum atomic E-state index is 5.51. The molecule has 1 aromatic carbocycles. The lowest BCUT2D eigenvalue weighted by molar-refractivity contribution is -0.139. The summed E-state index contributed by atoms with van der Waals surface area (Å²) in [6.45, 7) is 9.46. The van der Waals surface area contributed by atoms with Crippen LogP contribution in [0.15, 0.2) is 24.3 Å². The van der Waals surface area contributed by atoms with Crippen molar-refractivity contribution in [3.05, 3.63) is 35.4 Å². The first-order valence-electron chi connectivity index (χ1n) is 7.25. The van der Waals surface area contributed by atoms with Gasteiger partial charge in [0.25, 0.3) is 0 Å². The van der Waals surface area contributed by atoms with Gasteiger partial charge in [-0.25, -0.2) is 0 Å². The number of aryl methyl sites for hydroxylation is 1. The maximum Gasteiger partial charge on any atom is 0.157 e. The van der Waals surface area contributed by atoms with Gasteiger partial charge in [0.15, 0.2) is 6.29 Å². The first-order valence-corrected chi connectivity index (χ1v) is 7.25. The Bertz CT molecular complexity index is 335. The van der Waals surface area contributed by atoms with Crippen LogP contribution in [0.25, 0.3) is 0 Å². The Hall–Kier alpha value is -0.900. The van der Waals surface area contributed by atoms with Crippen LogP contribution in [-0.4, -0.2) is 26.0 Å². The highest BCUT2D eigenvalue weighted by Gasteiger charge is 2.06. The summed E-state index contributed by atoms with van der Waals surface area (Å²) in [6.07, 6.45) is 1.97. The van der Waals surface area contributed by atoms with E-state index in [1.54, 1.807) is 0 Å². The van der Waals surface area contributed by atoms with Crippen LogP contribution in [0.4, 0.5) is 0 Å². The Morgan fingerprint density at radius 3 is 2.53 bits per heavy atom. The van der Waals surface area contributed by atoms with E-state index >= 15 is 0 Å². The predicted octanol–water partition coefficient (Wildman–Crippen LogP) is 3.26. The van der Waals surface area contributed by atoms with Gasteiger partial charge in [0, 0.05) is 19.8 Å². The van der Waals surface area contributed by atoms with E-state index in [9.17, 15) is 0 Å². The van der Waals surface area contributed by atoms with Crippen molar-refractivity contribution in [2.75, 3.05) is 19.8 Å². The van der Waals surface area contributed by atoms with Gasteiger partial charge in [-0.15, -0.1) is 0 Å². The lowest BCUT2D eigenvalue weighted by Crippen LogP contribution is -2.21. The van der Waals surface area contributed by atoms with Gasteiger partial charge >= 0.3 is 0 Å². The Kier molecular flexibility index (Phi) is 8.47. The molecule has 0 radical (unpaired) electrons. The van der Waals surface area contributed by atoms with Gasteiger partial charge in [-0.3, -0.25) is 0 Å². The molecule has 0 aromatic heterocycles. The summed E-state index contributed by atoms with van der Waals surface area (Å²) in [4.78, 5) is 0. The Balaban J connectivity index is 2.13. The molecule has 1 N–H and O–H groups in total. The van der Waals surface area contributed by atoms with Gasteiger partial charge in [0.05, 0.1) is 0 Å². The van der Waals surface area contributed by atoms with Crippen molar-refractivity contribution in [2.24, 2.45) is 0 Å². The fraction of sp³-hybridized carbons (Fsp3) is 0.625. The molecule has 0 aliphatic heterocycles. The molecule has 108 valence electrons. The lowest BCUT2D eigenvalue weighted by Gasteiger charge is -2.16. The van der Waals surface area contributed by atoms with Crippen LogP contribution < -0.4 is 5.32 Å². The third-order valence-corrected chi connectivity index (χ3v) is 2.91. The summed E-state index contributed by atoms with van der Waals surface area (Å²) in [5, 5.41) is 3.46. The molecule has 1 rings (SSSR count). The number of benzene rings is 1. The van der Waals surface area contributed by atoms with Gasteiger partial charge in [0.2, 0.25) is 0 Å². The van der Waals surface area contributed by atoms with Crippen LogP contribution in [0.3, 0.4) is 0 Å². The topological polar surface area (TPSA) is 30.5 Å². The number of ether oxygens (including phenoxy) is 2. The minimum atomic E-state index is -0.0456. The highest BCUT2D eigenvalue weighted by atomic mass is 16.7.